The van der Waals surface area contributed by atoms with Gasteiger partial charge in [0.05, 0.1) is 12.2 Å². The lowest BCUT2D eigenvalue weighted by atomic mass is 10.1. The average molecular weight is 426 g/mol. The Hall–Kier alpha value is -2.51. The molecule has 1 fully saturated rings. The zero-order chi connectivity index (χ0) is 20.8. The number of benzene rings is 2. The van der Waals surface area contributed by atoms with Gasteiger partial charge in [0.1, 0.15) is 12.4 Å². The molecule has 2 aliphatic rings. The summed E-state index contributed by atoms with van der Waals surface area (Å²) in [5.41, 5.74) is 2.73. The highest BCUT2D eigenvalue weighted by Crippen LogP contribution is 2.31. The maximum atomic E-state index is 12.7. The van der Waals surface area contributed by atoms with Gasteiger partial charge < -0.3 is 15.0 Å². The fourth-order valence-electron chi connectivity index (χ4n) is 3.78. The molecule has 0 atom stereocenters. The van der Waals surface area contributed by atoms with Crippen LogP contribution < -0.4 is 15.0 Å². The minimum Gasteiger partial charge on any atom is -0.490 e. The molecule has 6 nitrogen and oxygen atoms in total. The number of amides is 2. The van der Waals surface area contributed by atoms with E-state index < -0.39 is 0 Å². The van der Waals surface area contributed by atoms with Gasteiger partial charge in [0.25, 0.3) is 0 Å². The van der Waals surface area contributed by atoms with Gasteiger partial charge in [-0.15, -0.1) is 0 Å². The Bertz CT molecular complexity index is 899. The SMILES string of the molecule is O=C(CCC(=O)N1CCOc2ccccc21)Nc1ccccc1CN1CCSCC1. The van der Waals surface area contributed by atoms with Crippen molar-refractivity contribution >= 4 is 35.0 Å². The molecule has 1 saturated heterocycles. The molecule has 158 valence electrons. The monoisotopic (exact) mass is 425 g/mol. The Morgan fingerprint density at radius 3 is 2.60 bits per heavy atom. The number of hydrogen-bond donors (Lipinski definition) is 1. The van der Waals surface area contributed by atoms with Crippen LogP contribution in [-0.4, -0.2) is 54.5 Å². The molecule has 1 N–H and O–H groups in total. The Balaban J connectivity index is 1.33. The second-order valence-electron chi connectivity index (χ2n) is 7.46. The first-order chi connectivity index (χ1) is 14.7. The van der Waals surface area contributed by atoms with Gasteiger partial charge in [-0.25, -0.2) is 0 Å². The molecular weight excluding hydrogens is 398 g/mol. The minimum absolute atomic E-state index is 0.0556. The molecule has 0 bridgehead atoms. The topological polar surface area (TPSA) is 61.9 Å². The molecule has 30 heavy (non-hydrogen) atoms. The lowest BCUT2D eigenvalue weighted by molar-refractivity contribution is -0.122. The molecule has 2 amide bonds. The third kappa shape index (κ3) is 5.15. The van der Waals surface area contributed by atoms with E-state index in [1.807, 2.05) is 54.2 Å². The normalized spacial score (nSPS) is 16.5. The van der Waals surface area contributed by atoms with E-state index in [4.69, 9.17) is 4.74 Å². The molecule has 0 aromatic heterocycles. The van der Waals surface area contributed by atoms with Crippen molar-refractivity contribution < 1.29 is 14.3 Å². The summed E-state index contributed by atoms with van der Waals surface area (Å²) in [4.78, 5) is 29.4. The van der Waals surface area contributed by atoms with Crippen LogP contribution in [0.15, 0.2) is 48.5 Å². The predicted octanol–water partition coefficient (Wildman–Crippen LogP) is 3.38. The maximum absolute atomic E-state index is 12.7. The largest absolute Gasteiger partial charge is 0.490 e. The molecule has 7 heteroatoms. The van der Waals surface area contributed by atoms with E-state index in [9.17, 15) is 9.59 Å². The first-order valence-corrected chi connectivity index (χ1v) is 11.6. The van der Waals surface area contributed by atoms with Crippen molar-refractivity contribution in [3.8, 4) is 5.75 Å². The standard InChI is InChI=1S/C23H27N3O3S/c27-22(9-10-23(28)26-11-14-29-21-8-4-3-7-20(21)26)24-19-6-2-1-5-18(19)17-25-12-15-30-16-13-25/h1-8H,9-17H2,(H,24,27). The van der Waals surface area contributed by atoms with Gasteiger partial charge in [-0.2, -0.15) is 11.8 Å². The zero-order valence-electron chi connectivity index (χ0n) is 17.0. The number of carbonyl (C=O) groups is 2. The van der Waals surface area contributed by atoms with Gasteiger partial charge in [0.15, 0.2) is 0 Å². The highest BCUT2D eigenvalue weighted by molar-refractivity contribution is 7.99. The van der Waals surface area contributed by atoms with Crippen LogP contribution in [0.25, 0.3) is 0 Å². The molecule has 2 aromatic carbocycles. The van der Waals surface area contributed by atoms with Gasteiger partial charge in [0, 0.05) is 49.7 Å². The van der Waals surface area contributed by atoms with Crippen molar-refractivity contribution in [3.05, 3.63) is 54.1 Å². The Morgan fingerprint density at radius 2 is 1.73 bits per heavy atom. The van der Waals surface area contributed by atoms with Gasteiger partial charge in [0.2, 0.25) is 11.8 Å². The third-order valence-corrected chi connectivity index (χ3v) is 6.33. The number of anilines is 2. The van der Waals surface area contributed by atoms with Crippen molar-refractivity contribution in [2.24, 2.45) is 0 Å². The van der Waals surface area contributed by atoms with Crippen LogP contribution in [0.4, 0.5) is 11.4 Å². The zero-order valence-corrected chi connectivity index (χ0v) is 17.8. The molecule has 0 aliphatic carbocycles. The first-order valence-electron chi connectivity index (χ1n) is 10.4. The number of hydrogen-bond acceptors (Lipinski definition) is 5. The smallest absolute Gasteiger partial charge is 0.227 e. The molecular formula is C23H27N3O3S. The van der Waals surface area contributed by atoms with E-state index in [-0.39, 0.29) is 24.7 Å². The summed E-state index contributed by atoms with van der Waals surface area (Å²) < 4.78 is 5.61. The van der Waals surface area contributed by atoms with Crippen molar-refractivity contribution in [2.45, 2.75) is 19.4 Å². The van der Waals surface area contributed by atoms with E-state index in [2.05, 4.69) is 16.3 Å². The summed E-state index contributed by atoms with van der Waals surface area (Å²) in [6.07, 6.45) is 0.332. The van der Waals surface area contributed by atoms with Crippen LogP contribution in [0.3, 0.4) is 0 Å². The second kappa shape index (κ2) is 10.00. The Kier molecular flexibility index (Phi) is 6.92. The van der Waals surface area contributed by atoms with Crippen molar-refractivity contribution in [3.63, 3.8) is 0 Å². The van der Waals surface area contributed by atoms with Crippen molar-refractivity contribution in [2.75, 3.05) is 48.0 Å². The van der Waals surface area contributed by atoms with E-state index >= 15 is 0 Å². The fourth-order valence-corrected chi connectivity index (χ4v) is 4.76. The maximum Gasteiger partial charge on any atom is 0.227 e. The van der Waals surface area contributed by atoms with Crippen molar-refractivity contribution in [1.29, 1.82) is 0 Å². The highest BCUT2D eigenvalue weighted by Gasteiger charge is 2.23. The molecule has 0 saturated carbocycles. The number of carbonyl (C=O) groups excluding carboxylic acids is 2. The number of nitrogens with one attached hydrogen (secondary N) is 1. The lowest BCUT2D eigenvalue weighted by Gasteiger charge is -2.29. The van der Waals surface area contributed by atoms with E-state index in [0.29, 0.717) is 18.9 Å². The summed E-state index contributed by atoms with van der Waals surface area (Å²) in [6, 6.07) is 15.4. The first kappa shape index (κ1) is 20.8. The summed E-state index contributed by atoms with van der Waals surface area (Å²) >= 11 is 1.99. The summed E-state index contributed by atoms with van der Waals surface area (Å²) in [6.45, 7) is 3.96. The number of thioether (sulfide) groups is 1. The second-order valence-corrected chi connectivity index (χ2v) is 8.68. The number of nitrogens with zero attached hydrogens (tertiary/aromatic N) is 2. The van der Waals surface area contributed by atoms with E-state index in [1.165, 1.54) is 0 Å². The Morgan fingerprint density at radius 1 is 0.967 bits per heavy atom. The molecule has 4 rings (SSSR count). The fraction of sp³-hybridized carbons (Fsp3) is 0.391. The van der Waals surface area contributed by atoms with Crippen LogP contribution in [-0.2, 0) is 16.1 Å². The lowest BCUT2D eigenvalue weighted by Crippen LogP contribution is -2.38. The number of para-hydroxylation sites is 3. The third-order valence-electron chi connectivity index (χ3n) is 5.38. The predicted molar refractivity (Wildman–Crippen MR) is 121 cm³/mol. The van der Waals surface area contributed by atoms with Crippen LogP contribution in [0.5, 0.6) is 5.75 Å². The van der Waals surface area contributed by atoms with E-state index in [1.54, 1.807) is 4.90 Å². The number of fused-ring (bicyclic) bond motifs is 1. The van der Waals surface area contributed by atoms with Gasteiger partial charge in [-0.05, 0) is 23.8 Å². The minimum atomic E-state index is -0.133. The molecule has 2 heterocycles. The van der Waals surface area contributed by atoms with Crippen LogP contribution in [0, 0.1) is 0 Å². The summed E-state index contributed by atoms with van der Waals surface area (Å²) in [7, 11) is 0. The van der Waals surface area contributed by atoms with Crippen LogP contribution >= 0.6 is 11.8 Å². The summed E-state index contributed by atoms with van der Waals surface area (Å²) in [5.74, 6) is 2.83. The molecule has 0 radical (unpaired) electrons. The van der Waals surface area contributed by atoms with Crippen LogP contribution in [0.1, 0.15) is 18.4 Å². The number of rotatable bonds is 6. The van der Waals surface area contributed by atoms with E-state index in [0.717, 1.165) is 48.1 Å². The summed E-state index contributed by atoms with van der Waals surface area (Å²) in [5, 5.41) is 3.01. The highest BCUT2D eigenvalue weighted by atomic mass is 32.2. The average Bonchev–Trinajstić information content (AvgIpc) is 2.79. The van der Waals surface area contributed by atoms with Gasteiger partial charge in [-0.3, -0.25) is 14.5 Å². The number of ether oxygens (including phenoxy) is 1. The van der Waals surface area contributed by atoms with Crippen molar-refractivity contribution in [1.82, 2.24) is 4.90 Å². The molecule has 2 aliphatic heterocycles. The van der Waals surface area contributed by atoms with Crippen LogP contribution in [0.2, 0.25) is 0 Å². The van der Waals surface area contributed by atoms with Gasteiger partial charge >= 0.3 is 0 Å². The van der Waals surface area contributed by atoms with Gasteiger partial charge in [-0.1, -0.05) is 30.3 Å². The quantitative estimate of drug-likeness (QED) is 0.769. The molecule has 0 spiro atoms. The Labute approximate surface area is 181 Å². The molecule has 2 aromatic rings. The molecule has 0 unspecified atom stereocenters.